The van der Waals surface area contributed by atoms with Crippen LogP contribution in [0.5, 0.6) is 0 Å². The predicted octanol–water partition coefficient (Wildman–Crippen LogP) is 1.53. The number of nitrogens with zero attached hydrogens (tertiary/aromatic N) is 1. The van der Waals surface area contributed by atoms with Gasteiger partial charge in [0, 0.05) is 24.5 Å². The second-order valence-electron chi connectivity index (χ2n) is 4.63. The van der Waals surface area contributed by atoms with E-state index in [4.69, 9.17) is 5.73 Å². The molecule has 0 aliphatic rings. The summed E-state index contributed by atoms with van der Waals surface area (Å²) in [6.07, 6.45) is 0.685. The number of nitrogens with two attached hydrogens (primary N) is 1. The van der Waals surface area contributed by atoms with Crippen molar-refractivity contribution in [2.75, 3.05) is 30.8 Å². The van der Waals surface area contributed by atoms with Crippen molar-refractivity contribution in [3.05, 3.63) is 29.8 Å². The van der Waals surface area contributed by atoms with E-state index >= 15 is 0 Å². The Kier molecular flexibility index (Phi) is 5.62. The predicted molar refractivity (Wildman–Crippen MR) is 76.1 cm³/mol. The number of benzene rings is 1. The first kappa shape index (κ1) is 15.0. The molecule has 0 atom stereocenters. The largest absolute Gasteiger partial charge is 0.399 e. The Hall–Kier alpha value is -1.07. The van der Waals surface area contributed by atoms with Gasteiger partial charge in [-0.15, -0.1) is 0 Å². The molecule has 0 aromatic heterocycles. The molecule has 5 heteroatoms. The van der Waals surface area contributed by atoms with Gasteiger partial charge in [0.15, 0.2) is 9.84 Å². The Morgan fingerprint density at radius 3 is 2.33 bits per heavy atom. The third-order valence-corrected chi connectivity index (χ3v) is 4.57. The van der Waals surface area contributed by atoms with E-state index in [9.17, 15) is 8.42 Å². The van der Waals surface area contributed by atoms with Crippen LogP contribution in [0.2, 0.25) is 0 Å². The zero-order valence-corrected chi connectivity index (χ0v) is 11.9. The average molecular weight is 270 g/mol. The van der Waals surface area contributed by atoms with Crippen LogP contribution >= 0.6 is 0 Å². The van der Waals surface area contributed by atoms with E-state index in [1.807, 2.05) is 43.1 Å². The molecule has 18 heavy (non-hydrogen) atoms. The van der Waals surface area contributed by atoms with Crippen LogP contribution in [0.15, 0.2) is 24.3 Å². The average Bonchev–Trinajstić information content (AvgIpc) is 2.30. The van der Waals surface area contributed by atoms with Gasteiger partial charge in [-0.25, -0.2) is 8.42 Å². The summed E-state index contributed by atoms with van der Waals surface area (Å²) in [6.45, 7) is 3.18. The molecule has 0 amide bonds. The summed E-state index contributed by atoms with van der Waals surface area (Å²) >= 11 is 0. The quantitative estimate of drug-likeness (QED) is 0.763. The SMILES string of the molecule is CCCS(=O)(=O)CCN(C)Cc1ccc(N)cc1. The van der Waals surface area contributed by atoms with Crippen molar-refractivity contribution in [1.82, 2.24) is 4.90 Å². The van der Waals surface area contributed by atoms with Crippen LogP contribution in [-0.2, 0) is 16.4 Å². The van der Waals surface area contributed by atoms with Crippen molar-refractivity contribution in [2.24, 2.45) is 0 Å². The zero-order chi connectivity index (χ0) is 13.6. The second-order valence-corrected chi connectivity index (χ2v) is 6.93. The highest BCUT2D eigenvalue weighted by molar-refractivity contribution is 7.91. The Morgan fingerprint density at radius 1 is 1.17 bits per heavy atom. The topological polar surface area (TPSA) is 63.4 Å². The van der Waals surface area contributed by atoms with Crippen molar-refractivity contribution < 1.29 is 8.42 Å². The third-order valence-electron chi connectivity index (χ3n) is 2.73. The van der Waals surface area contributed by atoms with Gasteiger partial charge in [0.05, 0.1) is 5.75 Å². The Labute approximate surface area is 110 Å². The Balaban J connectivity index is 2.42. The standard InChI is InChI=1S/C13H22N2O2S/c1-3-9-18(16,17)10-8-15(2)11-12-4-6-13(14)7-5-12/h4-7H,3,8-11,14H2,1-2H3. The molecule has 2 N–H and O–H groups in total. The van der Waals surface area contributed by atoms with Crippen LogP contribution in [0.1, 0.15) is 18.9 Å². The van der Waals surface area contributed by atoms with Crippen molar-refractivity contribution in [3.63, 3.8) is 0 Å². The number of rotatable bonds is 7. The Bertz CT molecular complexity index is 454. The number of hydrogen-bond donors (Lipinski definition) is 1. The molecule has 1 rings (SSSR count). The van der Waals surface area contributed by atoms with Gasteiger partial charge in [-0.2, -0.15) is 0 Å². The van der Waals surface area contributed by atoms with Gasteiger partial charge >= 0.3 is 0 Å². The van der Waals surface area contributed by atoms with Crippen molar-refractivity contribution in [3.8, 4) is 0 Å². The van der Waals surface area contributed by atoms with Gasteiger partial charge in [-0.3, -0.25) is 0 Å². The van der Waals surface area contributed by atoms with Gasteiger partial charge in [0.25, 0.3) is 0 Å². The lowest BCUT2D eigenvalue weighted by molar-refractivity contribution is 0.346. The number of anilines is 1. The molecule has 1 aromatic rings. The molecule has 0 bridgehead atoms. The highest BCUT2D eigenvalue weighted by Crippen LogP contribution is 2.07. The van der Waals surface area contributed by atoms with Gasteiger partial charge in [0.2, 0.25) is 0 Å². The summed E-state index contributed by atoms with van der Waals surface area (Å²) < 4.78 is 23.2. The summed E-state index contributed by atoms with van der Waals surface area (Å²) in [6, 6.07) is 7.65. The summed E-state index contributed by atoms with van der Waals surface area (Å²) in [5.74, 6) is 0.509. The number of nitrogen functional groups attached to an aromatic ring is 1. The maximum Gasteiger partial charge on any atom is 0.151 e. The molecular weight excluding hydrogens is 248 g/mol. The maximum absolute atomic E-state index is 11.6. The lowest BCUT2D eigenvalue weighted by Crippen LogP contribution is -2.26. The van der Waals surface area contributed by atoms with Crippen LogP contribution in [0, 0.1) is 0 Å². The molecule has 0 aliphatic heterocycles. The minimum absolute atomic E-state index is 0.228. The molecule has 0 fully saturated rings. The fourth-order valence-corrected chi connectivity index (χ4v) is 3.14. The third kappa shape index (κ3) is 5.51. The van der Waals surface area contributed by atoms with E-state index in [1.165, 1.54) is 0 Å². The van der Waals surface area contributed by atoms with Crippen LogP contribution in [-0.4, -0.2) is 38.4 Å². The molecule has 0 saturated heterocycles. The van der Waals surface area contributed by atoms with Crippen molar-refractivity contribution in [1.29, 1.82) is 0 Å². The second kappa shape index (κ2) is 6.75. The molecule has 0 aliphatic carbocycles. The summed E-state index contributed by atoms with van der Waals surface area (Å²) in [5, 5.41) is 0. The molecule has 0 unspecified atom stereocenters. The van der Waals surface area contributed by atoms with E-state index < -0.39 is 9.84 Å². The van der Waals surface area contributed by atoms with Crippen molar-refractivity contribution in [2.45, 2.75) is 19.9 Å². The first-order valence-corrected chi connectivity index (χ1v) is 7.98. The normalized spacial score (nSPS) is 11.9. The monoisotopic (exact) mass is 270 g/mol. The zero-order valence-electron chi connectivity index (χ0n) is 11.1. The highest BCUT2D eigenvalue weighted by Gasteiger charge is 2.10. The van der Waals surface area contributed by atoms with E-state index in [1.54, 1.807) is 0 Å². The van der Waals surface area contributed by atoms with Gasteiger partial charge in [-0.1, -0.05) is 19.1 Å². The summed E-state index contributed by atoms with van der Waals surface area (Å²) in [7, 11) is -0.959. The molecule has 4 nitrogen and oxygen atoms in total. The van der Waals surface area contributed by atoms with Crippen molar-refractivity contribution >= 4 is 15.5 Å². The van der Waals surface area contributed by atoms with Crippen LogP contribution in [0.3, 0.4) is 0 Å². The highest BCUT2D eigenvalue weighted by atomic mass is 32.2. The molecule has 1 aromatic carbocycles. The Morgan fingerprint density at radius 2 is 1.78 bits per heavy atom. The molecule has 0 spiro atoms. The van der Waals surface area contributed by atoms with Gasteiger partial charge in [-0.05, 0) is 31.2 Å². The lowest BCUT2D eigenvalue weighted by atomic mass is 10.2. The first-order valence-electron chi connectivity index (χ1n) is 6.16. The fraction of sp³-hybridized carbons (Fsp3) is 0.538. The van der Waals surface area contributed by atoms with E-state index in [0.29, 0.717) is 13.0 Å². The number of hydrogen-bond acceptors (Lipinski definition) is 4. The van der Waals surface area contributed by atoms with E-state index in [2.05, 4.69) is 0 Å². The molecular formula is C13H22N2O2S. The molecule has 0 radical (unpaired) electrons. The molecule has 102 valence electrons. The van der Waals surface area contributed by atoms with Crippen LogP contribution in [0.25, 0.3) is 0 Å². The first-order chi connectivity index (χ1) is 8.43. The van der Waals surface area contributed by atoms with Gasteiger partial charge in [0.1, 0.15) is 0 Å². The minimum atomic E-state index is -2.89. The molecule has 0 heterocycles. The minimum Gasteiger partial charge on any atom is -0.399 e. The van der Waals surface area contributed by atoms with Gasteiger partial charge < -0.3 is 10.6 Å². The van der Waals surface area contributed by atoms with Crippen LogP contribution in [0.4, 0.5) is 5.69 Å². The van der Waals surface area contributed by atoms with Crippen LogP contribution < -0.4 is 5.73 Å². The number of sulfone groups is 1. The van der Waals surface area contributed by atoms with E-state index in [-0.39, 0.29) is 11.5 Å². The fourth-order valence-electron chi connectivity index (χ4n) is 1.72. The van der Waals surface area contributed by atoms with E-state index in [0.717, 1.165) is 17.8 Å². The lowest BCUT2D eigenvalue weighted by Gasteiger charge is -2.16. The molecule has 0 saturated carbocycles. The maximum atomic E-state index is 11.6. The smallest absolute Gasteiger partial charge is 0.151 e. The summed E-state index contributed by atoms with van der Waals surface area (Å²) in [4.78, 5) is 2.01. The summed E-state index contributed by atoms with van der Waals surface area (Å²) in [5.41, 5.74) is 7.49.